The van der Waals surface area contributed by atoms with Crippen LogP contribution in [0.25, 0.3) is 0 Å². The fourth-order valence-electron chi connectivity index (χ4n) is 1.91. The molecule has 0 aromatic rings. The number of hydrogen-bond acceptors (Lipinski definition) is 1. The second-order valence-electron chi connectivity index (χ2n) is 5.48. The maximum Gasteiger partial charge on any atom is 0.186 e. The van der Waals surface area contributed by atoms with Crippen molar-refractivity contribution in [1.82, 2.24) is 0 Å². The lowest BCUT2D eigenvalue weighted by Gasteiger charge is -2.22. The van der Waals surface area contributed by atoms with Gasteiger partial charge in [0.1, 0.15) is 0 Å². The third-order valence-corrected chi connectivity index (χ3v) is 5.67. The lowest BCUT2D eigenvalue weighted by atomic mass is 10.1. The normalized spacial score (nSPS) is 12.0. The molecule has 98 valence electrons. The van der Waals surface area contributed by atoms with E-state index in [1.165, 1.54) is 57.4 Å². The third kappa shape index (κ3) is 10.7. The molecule has 0 saturated carbocycles. The van der Waals surface area contributed by atoms with E-state index in [0.717, 1.165) is 6.61 Å². The minimum atomic E-state index is -1.30. The molecule has 2 heteroatoms. The molecule has 0 aromatic carbocycles. The monoisotopic (exact) mass is 244 g/mol. The molecule has 0 bridgehead atoms. The van der Waals surface area contributed by atoms with Gasteiger partial charge in [-0.3, -0.25) is 0 Å². The van der Waals surface area contributed by atoms with Crippen LogP contribution in [-0.2, 0) is 4.43 Å². The van der Waals surface area contributed by atoms with Gasteiger partial charge in [-0.2, -0.15) is 0 Å². The van der Waals surface area contributed by atoms with Gasteiger partial charge >= 0.3 is 0 Å². The highest BCUT2D eigenvalue weighted by molar-refractivity contribution is 6.71. The van der Waals surface area contributed by atoms with Gasteiger partial charge in [0.05, 0.1) is 0 Å². The zero-order valence-corrected chi connectivity index (χ0v) is 13.0. The average molecular weight is 244 g/mol. The molecular formula is C14H32OSi. The molecule has 0 saturated heterocycles. The van der Waals surface area contributed by atoms with Crippen molar-refractivity contribution >= 4 is 8.32 Å². The molecule has 0 aliphatic heterocycles. The van der Waals surface area contributed by atoms with Gasteiger partial charge in [0.2, 0.25) is 0 Å². The van der Waals surface area contributed by atoms with Gasteiger partial charge in [-0.25, -0.2) is 0 Å². The number of rotatable bonds is 11. The predicted molar refractivity (Wildman–Crippen MR) is 76.5 cm³/mol. The van der Waals surface area contributed by atoms with Crippen LogP contribution in [0.3, 0.4) is 0 Å². The minimum absolute atomic E-state index is 1.01. The Labute approximate surface area is 104 Å². The first-order valence-electron chi connectivity index (χ1n) is 7.26. The fourth-order valence-corrected chi connectivity index (χ4v) is 3.95. The molecule has 0 N–H and O–H groups in total. The van der Waals surface area contributed by atoms with E-state index in [0.29, 0.717) is 0 Å². The second-order valence-corrected chi connectivity index (χ2v) is 9.79. The Kier molecular flexibility index (Phi) is 10.5. The van der Waals surface area contributed by atoms with Crippen molar-refractivity contribution in [1.29, 1.82) is 0 Å². The smallest absolute Gasteiger partial charge is 0.186 e. The van der Waals surface area contributed by atoms with Gasteiger partial charge in [0.25, 0.3) is 0 Å². The first-order chi connectivity index (χ1) is 7.62. The molecule has 0 aliphatic rings. The van der Waals surface area contributed by atoms with E-state index < -0.39 is 8.32 Å². The first kappa shape index (κ1) is 16.2. The molecule has 0 fully saturated rings. The second kappa shape index (κ2) is 10.3. The SMILES string of the molecule is CCCCCCCCO[Si](C)(C)CCCC. The highest BCUT2D eigenvalue weighted by Gasteiger charge is 2.20. The van der Waals surface area contributed by atoms with E-state index in [1.54, 1.807) is 0 Å². The summed E-state index contributed by atoms with van der Waals surface area (Å²) >= 11 is 0. The van der Waals surface area contributed by atoms with Crippen LogP contribution in [0.1, 0.15) is 65.2 Å². The summed E-state index contributed by atoms with van der Waals surface area (Å²) in [7, 11) is -1.30. The van der Waals surface area contributed by atoms with Gasteiger partial charge in [0.15, 0.2) is 8.32 Å². The Balaban J connectivity index is 3.29. The Morgan fingerprint density at radius 3 is 1.94 bits per heavy atom. The lowest BCUT2D eigenvalue weighted by molar-refractivity contribution is 0.293. The largest absolute Gasteiger partial charge is 0.417 e. The van der Waals surface area contributed by atoms with Crippen LogP contribution >= 0.6 is 0 Å². The molecule has 1 nitrogen and oxygen atoms in total. The highest BCUT2D eigenvalue weighted by Crippen LogP contribution is 2.16. The molecule has 0 rings (SSSR count). The minimum Gasteiger partial charge on any atom is -0.417 e. The Bertz CT molecular complexity index is 146. The molecule has 0 unspecified atom stereocenters. The number of unbranched alkanes of at least 4 members (excludes halogenated alkanes) is 6. The van der Waals surface area contributed by atoms with Crippen molar-refractivity contribution < 1.29 is 4.43 Å². The van der Waals surface area contributed by atoms with E-state index >= 15 is 0 Å². The molecule has 0 amide bonds. The summed E-state index contributed by atoms with van der Waals surface area (Å²) in [6, 6.07) is 1.33. The van der Waals surface area contributed by atoms with Gasteiger partial charge in [-0.05, 0) is 25.6 Å². The van der Waals surface area contributed by atoms with E-state index in [9.17, 15) is 0 Å². The summed E-state index contributed by atoms with van der Waals surface area (Å²) in [4.78, 5) is 0. The Morgan fingerprint density at radius 1 is 0.750 bits per heavy atom. The average Bonchev–Trinajstić information content (AvgIpc) is 2.25. The van der Waals surface area contributed by atoms with E-state index in [-0.39, 0.29) is 0 Å². The summed E-state index contributed by atoms with van der Waals surface area (Å²) in [6.07, 6.45) is 10.8. The Morgan fingerprint density at radius 2 is 1.31 bits per heavy atom. The molecule has 16 heavy (non-hydrogen) atoms. The van der Waals surface area contributed by atoms with E-state index in [1.807, 2.05) is 0 Å². The zero-order valence-electron chi connectivity index (χ0n) is 12.0. The zero-order chi connectivity index (χ0) is 12.3. The van der Waals surface area contributed by atoms with Gasteiger partial charge in [-0.1, -0.05) is 58.8 Å². The summed E-state index contributed by atoms with van der Waals surface area (Å²) < 4.78 is 6.08. The van der Waals surface area contributed by atoms with Crippen LogP contribution in [0.5, 0.6) is 0 Å². The quantitative estimate of drug-likeness (QED) is 0.351. The summed E-state index contributed by atoms with van der Waals surface area (Å²) in [5.74, 6) is 0. The Hall–Kier alpha value is 0.177. The van der Waals surface area contributed by atoms with E-state index in [4.69, 9.17) is 4.43 Å². The van der Waals surface area contributed by atoms with Crippen LogP contribution in [0.2, 0.25) is 19.1 Å². The van der Waals surface area contributed by atoms with Crippen molar-refractivity contribution in [3.05, 3.63) is 0 Å². The highest BCUT2D eigenvalue weighted by atomic mass is 28.4. The molecular weight excluding hydrogens is 212 g/mol. The molecule has 0 aliphatic carbocycles. The van der Waals surface area contributed by atoms with Crippen LogP contribution in [0, 0.1) is 0 Å². The van der Waals surface area contributed by atoms with Crippen molar-refractivity contribution in [2.75, 3.05) is 6.61 Å². The topological polar surface area (TPSA) is 9.23 Å². The van der Waals surface area contributed by atoms with Crippen LogP contribution < -0.4 is 0 Å². The molecule has 0 spiro atoms. The predicted octanol–water partition coefficient (Wildman–Crippen LogP) is 5.37. The number of hydrogen-bond donors (Lipinski definition) is 0. The van der Waals surface area contributed by atoms with E-state index in [2.05, 4.69) is 26.9 Å². The van der Waals surface area contributed by atoms with Gasteiger partial charge in [-0.15, -0.1) is 0 Å². The van der Waals surface area contributed by atoms with Crippen molar-refractivity contribution in [2.45, 2.75) is 84.4 Å². The summed E-state index contributed by atoms with van der Waals surface area (Å²) in [5.41, 5.74) is 0. The summed E-state index contributed by atoms with van der Waals surface area (Å²) in [5, 5.41) is 0. The lowest BCUT2D eigenvalue weighted by Crippen LogP contribution is -2.30. The third-order valence-electron chi connectivity index (χ3n) is 3.12. The van der Waals surface area contributed by atoms with Gasteiger partial charge < -0.3 is 4.43 Å². The van der Waals surface area contributed by atoms with Crippen LogP contribution in [-0.4, -0.2) is 14.9 Å². The fraction of sp³-hybridized carbons (Fsp3) is 1.00. The van der Waals surface area contributed by atoms with Crippen LogP contribution in [0.4, 0.5) is 0 Å². The first-order valence-corrected chi connectivity index (χ1v) is 10.4. The standard InChI is InChI=1S/C14H32OSi/c1-5-7-9-10-11-12-13-15-16(3,4)14-8-6-2/h5-14H2,1-4H3. The van der Waals surface area contributed by atoms with Crippen LogP contribution in [0.15, 0.2) is 0 Å². The summed E-state index contributed by atoms with van der Waals surface area (Å²) in [6.45, 7) is 10.3. The molecule has 0 aromatic heterocycles. The van der Waals surface area contributed by atoms with Crippen molar-refractivity contribution in [2.24, 2.45) is 0 Å². The van der Waals surface area contributed by atoms with Crippen molar-refractivity contribution in [3.63, 3.8) is 0 Å². The maximum atomic E-state index is 6.08. The molecule has 0 radical (unpaired) electrons. The van der Waals surface area contributed by atoms with Gasteiger partial charge in [0, 0.05) is 6.61 Å². The molecule has 0 heterocycles. The maximum absolute atomic E-state index is 6.08. The van der Waals surface area contributed by atoms with Crippen molar-refractivity contribution in [3.8, 4) is 0 Å². The molecule has 0 atom stereocenters.